The zero-order valence-electron chi connectivity index (χ0n) is 12.8. The summed E-state index contributed by atoms with van der Waals surface area (Å²) in [5.41, 5.74) is 3.42. The van der Waals surface area contributed by atoms with Crippen molar-refractivity contribution in [3.63, 3.8) is 0 Å². The maximum absolute atomic E-state index is 12.0. The van der Waals surface area contributed by atoms with Gasteiger partial charge in [0, 0.05) is 4.47 Å². The van der Waals surface area contributed by atoms with Gasteiger partial charge < -0.3 is 9.73 Å². The molecule has 0 atom stereocenters. The van der Waals surface area contributed by atoms with E-state index in [-0.39, 0.29) is 11.7 Å². The minimum absolute atomic E-state index is 0.146. The average Bonchev–Trinajstić information content (AvgIpc) is 3.27. The molecule has 1 amide bonds. The number of hydrogen-bond donors (Lipinski definition) is 3. The van der Waals surface area contributed by atoms with Crippen LogP contribution in [0.3, 0.4) is 0 Å². The first-order chi connectivity index (χ1) is 12.2. The molecule has 3 rings (SSSR count). The Morgan fingerprint density at radius 2 is 2.24 bits per heavy atom. The van der Waals surface area contributed by atoms with Gasteiger partial charge in [-0.3, -0.25) is 4.79 Å². The van der Waals surface area contributed by atoms with Crippen LogP contribution in [0, 0.1) is 0 Å². The van der Waals surface area contributed by atoms with E-state index in [2.05, 4.69) is 47.0 Å². The number of aromatic amines is 1. The standard InChI is InChI=1S/C15H13BrN6O2S/c16-11-5-1-2-6-12(11)18-13(23)9-25-15-19-14(21-22-15)20-17-8-10-4-3-7-24-10/h1-8H,9H2,(H,18,23)(H2,19,20,21,22)/b17-8+. The third-order valence-electron chi connectivity index (χ3n) is 2.85. The number of hydrogen-bond acceptors (Lipinski definition) is 7. The minimum atomic E-state index is -0.146. The van der Waals surface area contributed by atoms with Crippen molar-refractivity contribution in [3.05, 3.63) is 52.9 Å². The summed E-state index contributed by atoms with van der Waals surface area (Å²) in [4.78, 5) is 16.2. The summed E-state index contributed by atoms with van der Waals surface area (Å²) in [6.07, 6.45) is 3.07. The number of anilines is 2. The van der Waals surface area contributed by atoms with Gasteiger partial charge in [0.1, 0.15) is 5.76 Å². The molecule has 0 fully saturated rings. The Balaban J connectivity index is 1.46. The normalized spacial score (nSPS) is 10.9. The lowest BCUT2D eigenvalue weighted by Crippen LogP contribution is -2.14. The number of amides is 1. The van der Waals surface area contributed by atoms with Crippen LogP contribution < -0.4 is 10.7 Å². The summed E-state index contributed by atoms with van der Waals surface area (Å²) in [6, 6.07) is 11.0. The van der Waals surface area contributed by atoms with Crippen molar-refractivity contribution in [2.24, 2.45) is 5.10 Å². The molecule has 0 radical (unpaired) electrons. The molecule has 1 aromatic carbocycles. The van der Waals surface area contributed by atoms with Crippen molar-refractivity contribution in [2.45, 2.75) is 5.16 Å². The summed E-state index contributed by atoms with van der Waals surface area (Å²) >= 11 is 4.60. The van der Waals surface area contributed by atoms with Crippen LogP contribution in [0.15, 0.2) is 61.8 Å². The molecule has 0 aliphatic heterocycles. The first-order valence-corrected chi connectivity index (χ1v) is 8.91. The van der Waals surface area contributed by atoms with Gasteiger partial charge in [0.2, 0.25) is 17.0 Å². The molecular weight excluding hydrogens is 408 g/mol. The van der Waals surface area contributed by atoms with Crippen LogP contribution in [0.4, 0.5) is 11.6 Å². The molecule has 25 heavy (non-hydrogen) atoms. The third-order valence-corrected chi connectivity index (χ3v) is 4.39. The Morgan fingerprint density at radius 1 is 1.36 bits per heavy atom. The number of H-pyrrole nitrogens is 1. The van der Waals surface area contributed by atoms with Crippen LogP contribution in [-0.4, -0.2) is 33.1 Å². The smallest absolute Gasteiger partial charge is 0.240 e. The van der Waals surface area contributed by atoms with E-state index in [1.807, 2.05) is 24.3 Å². The number of carbonyl (C=O) groups excluding carboxylic acids is 1. The highest BCUT2D eigenvalue weighted by Gasteiger charge is 2.09. The average molecular weight is 421 g/mol. The SMILES string of the molecule is O=C(CSc1n[nH]c(N/N=C/c2ccco2)n1)Nc1ccccc1Br. The van der Waals surface area contributed by atoms with Crippen LogP contribution in [0.5, 0.6) is 0 Å². The number of aromatic nitrogens is 3. The number of furan rings is 1. The topological polar surface area (TPSA) is 108 Å². The third kappa shape index (κ3) is 5.19. The molecule has 0 saturated heterocycles. The molecule has 0 aliphatic carbocycles. The van der Waals surface area contributed by atoms with Crippen molar-refractivity contribution in [3.8, 4) is 0 Å². The highest BCUT2D eigenvalue weighted by atomic mass is 79.9. The second-order valence-corrected chi connectivity index (χ2v) is 6.47. The molecule has 2 aromatic heterocycles. The van der Waals surface area contributed by atoms with Gasteiger partial charge in [0.25, 0.3) is 0 Å². The number of para-hydroxylation sites is 1. The highest BCUT2D eigenvalue weighted by molar-refractivity contribution is 9.10. The zero-order chi connectivity index (χ0) is 17.5. The van der Waals surface area contributed by atoms with Gasteiger partial charge >= 0.3 is 0 Å². The summed E-state index contributed by atoms with van der Waals surface area (Å²) in [7, 11) is 0. The van der Waals surface area contributed by atoms with E-state index in [4.69, 9.17) is 4.42 Å². The fourth-order valence-corrected chi connectivity index (χ4v) is 2.74. The Labute approximate surface area is 155 Å². The quantitative estimate of drug-likeness (QED) is 0.307. The molecule has 8 nitrogen and oxygen atoms in total. The number of rotatable bonds is 7. The van der Waals surface area contributed by atoms with Gasteiger partial charge in [0.05, 0.1) is 23.9 Å². The van der Waals surface area contributed by atoms with Crippen LogP contribution in [0.1, 0.15) is 5.76 Å². The van der Waals surface area contributed by atoms with Crippen LogP contribution in [-0.2, 0) is 4.79 Å². The first-order valence-electron chi connectivity index (χ1n) is 7.13. The lowest BCUT2D eigenvalue weighted by atomic mass is 10.3. The molecule has 2 heterocycles. The number of benzene rings is 1. The number of carbonyl (C=O) groups is 1. The van der Waals surface area contributed by atoms with E-state index in [1.54, 1.807) is 18.4 Å². The first kappa shape index (κ1) is 17.2. The highest BCUT2D eigenvalue weighted by Crippen LogP contribution is 2.22. The Bertz CT molecular complexity index is 865. The van der Waals surface area contributed by atoms with Crippen LogP contribution in [0.2, 0.25) is 0 Å². The predicted molar refractivity (Wildman–Crippen MR) is 99.8 cm³/mol. The molecular formula is C15H13BrN6O2S. The lowest BCUT2D eigenvalue weighted by molar-refractivity contribution is -0.113. The van der Waals surface area contributed by atoms with E-state index in [9.17, 15) is 4.79 Å². The van der Waals surface area contributed by atoms with Gasteiger partial charge in [-0.15, -0.1) is 5.10 Å². The second kappa shape index (κ2) is 8.49. The number of hydrazone groups is 1. The monoisotopic (exact) mass is 420 g/mol. The van der Waals surface area contributed by atoms with Crippen molar-refractivity contribution in [1.29, 1.82) is 0 Å². The molecule has 10 heteroatoms. The predicted octanol–water partition coefficient (Wildman–Crippen LogP) is 3.34. The van der Waals surface area contributed by atoms with E-state index < -0.39 is 0 Å². The van der Waals surface area contributed by atoms with E-state index in [1.165, 1.54) is 18.0 Å². The van der Waals surface area contributed by atoms with Gasteiger partial charge in [-0.25, -0.2) is 10.5 Å². The second-order valence-electron chi connectivity index (χ2n) is 4.67. The minimum Gasteiger partial charge on any atom is -0.463 e. The molecule has 0 unspecified atom stereocenters. The molecule has 0 saturated carbocycles. The van der Waals surface area contributed by atoms with Crippen molar-refractivity contribution in [1.82, 2.24) is 15.2 Å². The van der Waals surface area contributed by atoms with Gasteiger partial charge in [-0.1, -0.05) is 23.9 Å². The molecule has 0 bridgehead atoms. The Hall–Kier alpha value is -2.59. The van der Waals surface area contributed by atoms with Crippen molar-refractivity contribution in [2.75, 3.05) is 16.5 Å². The molecule has 3 N–H and O–H groups in total. The van der Waals surface area contributed by atoms with E-state index in [0.29, 0.717) is 16.9 Å². The van der Waals surface area contributed by atoms with Gasteiger partial charge in [-0.05, 0) is 40.2 Å². The molecule has 0 aliphatic rings. The largest absolute Gasteiger partial charge is 0.463 e. The van der Waals surface area contributed by atoms with Crippen molar-refractivity contribution < 1.29 is 9.21 Å². The van der Waals surface area contributed by atoms with Crippen LogP contribution in [0.25, 0.3) is 0 Å². The lowest BCUT2D eigenvalue weighted by Gasteiger charge is -2.05. The maximum Gasteiger partial charge on any atom is 0.240 e. The Kier molecular flexibility index (Phi) is 5.86. The number of nitrogens with one attached hydrogen (secondary N) is 3. The summed E-state index contributed by atoms with van der Waals surface area (Å²) in [5, 5.41) is 13.9. The summed E-state index contributed by atoms with van der Waals surface area (Å²) in [5.74, 6) is 1.03. The fraction of sp³-hybridized carbons (Fsp3) is 0.0667. The summed E-state index contributed by atoms with van der Waals surface area (Å²) in [6.45, 7) is 0. The Morgan fingerprint density at radius 3 is 3.04 bits per heavy atom. The van der Waals surface area contributed by atoms with E-state index in [0.717, 1.165) is 10.2 Å². The van der Waals surface area contributed by atoms with Crippen LogP contribution >= 0.6 is 27.7 Å². The fourth-order valence-electron chi connectivity index (χ4n) is 1.76. The molecule has 0 spiro atoms. The van der Waals surface area contributed by atoms with Gasteiger partial charge in [0.15, 0.2) is 0 Å². The molecule has 128 valence electrons. The molecule has 3 aromatic rings. The zero-order valence-corrected chi connectivity index (χ0v) is 15.2. The van der Waals surface area contributed by atoms with E-state index >= 15 is 0 Å². The maximum atomic E-state index is 12.0. The summed E-state index contributed by atoms with van der Waals surface area (Å²) < 4.78 is 5.94. The van der Waals surface area contributed by atoms with Gasteiger partial charge in [-0.2, -0.15) is 10.1 Å². The number of thioether (sulfide) groups is 1. The number of nitrogens with zero attached hydrogens (tertiary/aromatic N) is 3. The van der Waals surface area contributed by atoms with Crippen molar-refractivity contribution >= 4 is 51.4 Å². The number of halogens is 1.